The van der Waals surface area contributed by atoms with Crippen molar-refractivity contribution >= 4 is 16.6 Å². The first-order valence-electron chi connectivity index (χ1n) is 7.70. The molecule has 5 nitrogen and oxygen atoms in total. The smallest absolute Gasteiger partial charge is 0.253 e. The lowest BCUT2D eigenvalue weighted by Crippen LogP contribution is -2.16. The van der Waals surface area contributed by atoms with E-state index in [-0.39, 0.29) is 5.56 Å². The summed E-state index contributed by atoms with van der Waals surface area (Å²) in [7, 11) is 3.21. The number of nitrogens with one attached hydrogen (secondary N) is 2. The van der Waals surface area contributed by atoms with Gasteiger partial charge in [0.15, 0.2) is 0 Å². The maximum Gasteiger partial charge on any atom is 0.253 e. The van der Waals surface area contributed by atoms with Gasteiger partial charge in [-0.25, -0.2) is 0 Å². The third-order valence-electron chi connectivity index (χ3n) is 4.04. The third kappa shape index (κ3) is 3.06. The van der Waals surface area contributed by atoms with E-state index in [0.717, 1.165) is 27.9 Å². The van der Waals surface area contributed by atoms with Crippen molar-refractivity contribution in [2.24, 2.45) is 0 Å². The predicted octanol–water partition coefficient (Wildman–Crippen LogP) is 3.47. The Morgan fingerprint density at radius 2 is 1.92 bits per heavy atom. The normalized spacial score (nSPS) is 10.6. The van der Waals surface area contributed by atoms with Crippen LogP contribution in [0.15, 0.2) is 47.3 Å². The van der Waals surface area contributed by atoms with Gasteiger partial charge >= 0.3 is 0 Å². The molecule has 0 radical (unpaired) electrons. The minimum Gasteiger partial charge on any atom is -0.497 e. The van der Waals surface area contributed by atoms with Crippen molar-refractivity contribution in [3.05, 3.63) is 63.9 Å². The fourth-order valence-corrected chi connectivity index (χ4v) is 2.69. The zero-order chi connectivity index (χ0) is 17.1. The van der Waals surface area contributed by atoms with Gasteiger partial charge in [0.25, 0.3) is 5.56 Å². The molecule has 0 unspecified atom stereocenters. The van der Waals surface area contributed by atoms with Gasteiger partial charge in [0, 0.05) is 18.2 Å². The van der Waals surface area contributed by atoms with Gasteiger partial charge in [0.2, 0.25) is 0 Å². The van der Waals surface area contributed by atoms with E-state index in [4.69, 9.17) is 9.47 Å². The summed E-state index contributed by atoms with van der Waals surface area (Å²) in [6, 6.07) is 13.4. The zero-order valence-corrected chi connectivity index (χ0v) is 14.0. The highest BCUT2D eigenvalue weighted by atomic mass is 16.5. The summed E-state index contributed by atoms with van der Waals surface area (Å²) >= 11 is 0. The maximum atomic E-state index is 12.3. The second-order valence-corrected chi connectivity index (χ2v) is 5.58. The first kappa shape index (κ1) is 15.9. The van der Waals surface area contributed by atoms with Gasteiger partial charge in [0.05, 0.1) is 25.4 Å². The highest BCUT2D eigenvalue weighted by Gasteiger charge is 2.08. The van der Waals surface area contributed by atoms with Gasteiger partial charge < -0.3 is 19.8 Å². The molecule has 24 heavy (non-hydrogen) atoms. The lowest BCUT2D eigenvalue weighted by Gasteiger charge is -2.12. The Kier molecular flexibility index (Phi) is 4.42. The summed E-state index contributed by atoms with van der Waals surface area (Å²) in [6.45, 7) is 2.39. The van der Waals surface area contributed by atoms with E-state index >= 15 is 0 Å². The van der Waals surface area contributed by atoms with Gasteiger partial charge in [-0.3, -0.25) is 4.79 Å². The number of ether oxygens (including phenoxy) is 2. The molecule has 0 aliphatic rings. The number of aromatic amines is 1. The number of fused-ring (bicyclic) bond motifs is 1. The molecule has 3 aromatic rings. The largest absolute Gasteiger partial charge is 0.497 e. The summed E-state index contributed by atoms with van der Waals surface area (Å²) in [5, 5.41) is 4.27. The molecule has 0 amide bonds. The number of methoxy groups -OCH3 is 2. The topological polar surface area (TPSA) is 63.3 Å². The van der Waals surface area contributed by atoms with E-state index in [1.165, 1.54) is 0 Å². The Hall–Kier alpha value is -2.95. The number of aromatic nitrogens is 1. The Labute approximate surface area is 140 Å². The fraction of sp³-hybridized carbons (Fsp3) is 0.211. The Balaban J connectivity index is 1.88. The van der Waals surface area contributed by atoms with Crippen molar-refractivity contribution in [3.63, 3.8) is 0 Å². The molecule has 0 saturated carbocycles. The molecule has 5 heteroatoms. The van der Waals surface area contributed by atoms with Gasteiger partial charge in [-0.1, -0.05) is 18.2 Å². The van der Waals surface area contributed by atoms with Crippen LogP contribution in [0.3, 0.4) is 0 Å². The summed E-state index contributed by atoms with van der Waals surface area (Å²) in [5.41, 5.74) is 3.33. The molecule has 0 fully saturated rings. The molecule has 1 aromatic heterocycles. The summed E-state index contributed by atoms with van der Waals surface area (Å²) in [6.07, 6.45) is 0. The maximum absolute atomic E-state index is 12.3. The van der Waals surface area contributed by atoms with Crippen molar-refractivity contribution in [3.8, 4) is 11.5 Å². The lowest BCUT2D eigenvalue weighted by atomic mass is 10.1. The van der Waals surface area contributed by atoms with Gasteiger partial charge in [-0.2, -0.15) is 0 Å². The Morgan fingerprint density at radius 1 is 1.08 bits per heavy atom. The Morgan fingerprint density at radius 3 is 2.67 bits per heavy atom. The molecule has 2 N–H and O–H groups in total. The molecule has 0 bridgehead atoms. The molecule has 0 saturated heterocycles. The van der Waals surface area contributed by atoms with Crippen LogP contribution in [-0.2, 0) is 6.54 Å². The van der Waals surface area contributed by atoms with E-state index in [9.17, 15) is 4.79 Å². The van der Waals surface area contributed by atoms with Crippen LogP contribution in [0.25, 0.3) is 10.9 Å². The van der Waals surface area contributed by atoms with E-state index in [2.05, 4.69) is 10.3 Å². The van der Waals surface area contributed by atoms with Crippen molar-refractivity contribution in [2.45, 2.75) is 13.5 Å². The fourth-order valence-electron chi connectivity index (χ4n) is 2.69. The summed E-state index contributed by atoms with van der Waals surface area (Å²) in [4.78, 5) is 15.3. The number of aryl methyl sites for hydroxylation is 1. The van der Waals surface area contributed by atoms with E-state index in [1.54, 1.807) is 20.3 Å². The van der Waals surface area contributed by atoms with Crippen molar-refractivity contribution in [1.82, 2.24) is 4.98 Å². The minimum atomic E-state index is -0.0863. The average molecular weight is 324 g/mol. The van der Waals surface area contributed by atoms with Crippen LogP contribution in [0.1, 0.15) is 11.1 Å². The highest BCUT2D eigenvalue weighted by molar-refractivity contribution is 5.82. The van der Waals surface area contributed by atoms with Gasteiger partial charge in [-0.05, 0) is 36.1 Å². The molecule has 124 valence electrons. The third-order valence-corrected chi connectivity index (χ3v) is 4.04. The molecule has 0 atom stereocenters. The molecule has 0 aliphatic heterocycles. The monoisotopic (exact) mass is 324 g/mol. The number of hydrogen-bond donors (Lipinski definition) is 2. The molecule has 1 heterocycles. The highest BCUT2D eigenvalue weighted by Crippen LogP contribution is 2.29. The SMILES string of the molecule is COc1ccc(NCc2cc3cccc(C)c3[nH]c2=O)c(OC)c1. The van der Waals surface area contributed by atoms with Gasteiger partial charge in [0.1, 0.15) is 11.5 Å². The second kappa shape index (κ2) is 6.66. The number of H-pyrrole nitrogens is 1. The lowest BCUT2D eigenvalue weighted by molar-refractivity contribution is 0.395. The summed E-state index contributed by atoms with van der Waals surface area (Å²) in [5.74, 6) is 1.39. The molecule has 3 rings (SSSR count). The first-order valence-corrected chi connectivity index (χ1v) is 7.70. The van der Waals surface area contributed by atoms with Crippen LogP contribution < -0.4 is 20.3 Å². The molecule has 2 aromatic carbocycles. The van der Waals surface area contributed by atoms with Crippen molar-refractivity contribution < 1.29 is 9.47 Å². The van der Waals surface area contributed by atoms with Gasteiger partial charge in [-0.15, -0.1) is 0 Å². The van der Waals surface area contributed by atoms with Crippen LogP contribution in [-0.4, -0.2) is 19.2 Å². The molecular weight excluding hydrogens is 304 g/mol. The van der Waals surface area contributed by atoms with Crippen LogP contribution >= 0.6 is 0 Å². The van der Waals surface area contributed by atoms with E-state index in [0.29, 0.717) is 17.9 Å². The summed E-state index contributed by atoms with van der Waals surface area (Å²) < 4.78 is 10.6. The minimum absolute atomic E-state index is 0.0863. The predicted molar refractivity (Wildman–Crippen MR) is 96.2 cm³/mol. The van der Waals surface area contributed by atoms with Crippen LogP contribution in [0.5, 0.6) is 11.5 Å². The van der Waals surface area contributed by atoms with Crippen LogP contribution in [0.4, 0.5) is 5.69 Å². The first-order chi connectivity index (χ1) is 11.6. The number of rotatable bonds is 5. The standard InChI is InChI=1S/C19H20N2O3/c1-12-5-4-6-13-9-14(19(22)21-18(12)13)11-20-16-8-7-15(23-2)10-17(16)24-3/h4-10,20H,11H2,1-3H3,(H,21,22). The average Bonchev–Trinajstić information content (AvgIpc) is 2.60. The number of pyridine rings is 1. The van der Waals surface area contributed by atoms with Crippen molar-refractivity contribution in [1.29, 1.82) is 0 Å². The van der Waals surface area contributed by atoms with Crippen molar-refractivity contribution in [2.75, 3.05) is 19.5 Å². The number of benzene rings is 2. The number of anilines is 1. The van der Waals surface area contributed by atoms with Crippen LogP contribution in [0.2, 0.25) is 0 Å². The molecular formula is C19H20N2O3. The van der Waals surface area contributed by atoms with E-state index in [1.807, 2.05) is 43.3 Å². The number of para-hydroxylation sites is 1. The molecule has 0 aliphatic carbocycles. The quantitative estimate of drug-likeness (QED) is 0.754. The Bertz CT molecular complexity index is 932. The second-order valence-electron chi connectivity index (χ2n) is 5.58. The van der Waals surface area contributed by atoms with Crippen LogP contribution in [0, 0.1) is 6.92 Å². The molecule has 0 spiro atoms. The van der Waals surface area contributed by atoms with E-state index < -0.39 is 0 Å². The zero-order valence-electron chi connectivity index (χ0n) is 14.0. The number of hydrogen-bond acceptors (Lipinski definition) is 4.